The molecule has 1 amide bonds. The fourth-order valence-corrected chi connectivity index (χ4v) is 5.68. The van der Waals surface area contributed by atoms with Gasteiger partial charge in [-0.2, -0.15) is 0 Å². The first-order valence-corrected chi connectivity index (χ1v) is 11.1. The predicted molar refractivity (Wildman–Crippen MR) is 117 cm³/mol. The van der Waals surface area contributed by atoms with E-state index in [-0.39, 0.29) is 12.1 Å². The lowest BCUT2D eigenvalue weighted by molar-refractivity contribution is 0.105. The highest BCUT2D eigenvalue weighted by Gasteiger charge is 2.51. The van der Waals surface area contributed by atoms with Gasteiger partial charge in [0, 0.05) is 18.5 Å². The molecule has 3 unspecified atom stereocenters. The van der Waals surface area contributed by atoms with Gasteiger partial charge in [0.25, 0.3) is 0 Å². The minimum atomic E-state index is -0.196. The molecule has 2 fully saturated rings. The Labute approximate surface area is 175 Å². The van der Waals surface area contributed by atoms with E-state index in [0.29, 0.717) is 36.0 Å². The summed E-state index contributed by atoms with van der Waals surface area (Å²) >= 11 is 0. The number of nitrogens with zero attached hydrogens (tertiary/aromatic N) is 1. The normalized spacial score (nSPS) is 25.4. The summed E-state index contributed by atoms with van der Waals surface area (Å²) in [7, 11) is 0. The van der Waals surface area contributed by atoms with Gasteiger partial charge in [-0.15, -0.1) is 0 Å². The van der Waals surface area contributed by atoms with Crippen molar-refractivity contribution >= 4 is 6.09 Å². The van der Waals surface area contributed by atoms with E-state index < -0.39 is 0 Å². The molecular weight excluding hydrogens is 358 g/mol. The smallest absolute Gasteiger partial charge is 0.410 e. The molecule has 3 heteroatoms. The molecule has 2 saturated carbocycles. The fourth-order valence-electron chi connectivity index (χ4n) is 5.68. The molecule has 2 bridgehead atoms. The number of hydrogen-bond acceptors (Lipinski definition) is 2. The van der Waals surface area contributed by atoms with Crippen LogP contribution in [0.4, 0.5) is 4.79 Å². The van der Waals surface area contributed by atoms with E-state index >= 15 is 0 Å². The Kier molecular flexibility index (Phi) is 5.67. The zero-order valence-electron chi connectivity index (χ0n) is 18.1. The molecule has 4 atom stereocenters. The molecule has 0 radical (unpaired) electrons. The van der Waals surface area contributed by atoms with Crippen molar-refractivity contribution in [3.05, 3.63) is 65.2 Å². The Morgan fingerprint density at radius 1 is 1.10 bits per heavy atom. The number of benzene rings is 2. The lowest BCUT2D eigenvalue weighted by Crippen LogP contribution is -2.47. The Hall–Kier alpha value is -2.29. The van der Waals surface area contributed by atoms with E-state index in [1.807, 2.05) is 17.9 Å². The molecule has 0 spiro atoms. The first-order chi connectivity index (χ1) is 14.0. The summed E-state index contributed by atoms with van der Waals surface area (Å²) in [5, 5.41) is 0. The van der Waals surface area contributed by atoms with Crippen molar-refractivity contribution in [1.82, 2.24) is 4.90 Å². The van der Waals surface area contributed by atoms with Gasteiger partial charge in [0.1, 0.15) is 5.75 Å². The maximum Gasteiger partial charge on any atom is 0.415 e. The molecule has 2 aromatic carbocycles. The van der Waals surface area contributed by atoms with Crippen molar-refractivity contribution in [1.29, 1.82) is 0 Å². The van der Waals surface area contributed by atoms with Gasteiger partial charge in [-0.1, -0.05) is 56.3 Å². The second kappa shape index (κ2) is 8.22. The fraction of sp³-hybridized carbons (Fsp3) is 0.500. The lowest BCUT2D eigenvalue weighted by atomic mass is 9.79. The van der Waals surface area contributed by atoms with E-state index in [9.17, 15) is 4.79 Å². The zero-order chi connectivity index (χ0) is 20.5. The van der Waals surface area contributed by atoms with E-state index in [1.165, 1.54) is 24.8 Å². The van der Waals surface area contributed by atoms with Gasteiger partial charge in [-0.3, -0.25) is 0 Å². The van der Waals surface area contributed by atoms with E-state index in [0.717, 1.165) is 11.1 Å². The Morgan fingerprint density at radius 3 is 2.52 bits per heavy atom. The average Bonchev–Trinajstić information content (AvgIpc) is 3.31. The summed E-state index contributed by atoms with van der Waals surface area (Å²) in [6.07, 6.45) is 3.54. The lowest BCUT2D eigenvalue weighted by Gasteiger charge is -2.39. The summed E-state index contributed by atoms with van der Waals surface area (Å²) in [6, 6.07) is 17.2. The third kappa shape index (κ3) is 3.80. The first-order valence-electron chi connectivity index (χ1n) is 11.1. The molecule has 2 aliphatic carbocycles. The largest absolute Gasteiger partial charge is 0.415 e. The SMILES string of the molecule is CCN(C(=O)Oc1cc(C)ccc1C(C)C)C1C(c2ccccc2)C2CC[C@@H]1C2. The van der Waals surface area contributed by atoms with Crippen LogP contribution in [0, 0.1) is 18.8 Å². The number of carbonyl (C=O) groups excluding carboxylic acids is 1. The van der Waals surface area contributed by atoms with Crippen LogP contribution in [0.2, 0.25) is 0 Å². The molecule has 0 saturated heterocycles. The highest BCUT2D eigenvalue weighted by molar-refractivity contribution is 5.72. The van der Waals surface area contributed by atoms with Crippen molar-refractivity contribution in [2.75, 3.05) is 6.54 Å². The van der Waals surface area contributed by atoms with Crippen LogP contribution in [-0.2, 0) is 0 Å². The van der Waals surface area contributed by atoms with Crippen LogP contribution in [0.1, 0.15) is 68.6 Å². The summed E-state index contributed by atoms with van der Waals surface area (Å²) in [5.74, 6) is 2.71. The maximum atomic E-state index is 13.4. The first kappa shape index (κ1) is 20.0. The average molecular weight is 392 g/mol. The number of amides is 1. The summed E-state index contributed by atoms with van der Waals surface area (Å²) in [4.78, 5) is 15.4. The molecule has 2 aromatic rings. The van der Waals surface area contributed by atoms with Crippen molar-refractivity contribution in [2.24, 2.45) is 11.8 Å². The number of hydrogen-bond donors (Lipinski definition) is 0. The molecule has 0 aliphatic heterocycles. The van der Waals surface area contributed by atoms with Crippen LogP contribution >= 0.6 is 0 Å². The molecule has 29 heavy (non-hydrogen) atoms. The molecule has 0 aromatic heterocycles. The Bertz CT molecular complexity index is 860. The minimum Gasteiger partial charge on any atom is -0.410 e. The van der Waals surface area contributed by atoms with Crippen molar-refractivity contribution in [3.8, 4) is 5.75 Å². The standard InChI is InChI=1S/C26H33NO2/c1-5-27(26(28)29-23-15-18(4)11-14-22(23)17(2)3)25-21-13-12-20(16-21)24(25)19-9-7-6-8-10-19/h6-11,14-15,17,20-21,24-25H,5,12-13,16H2,1-4H3/t20?,21-,24?,25?/m1/s1. The van der Waals surface area contributed by atoms with Crippen LogP contribution in [0.5, 0.6) is 5.75 Å². The van der Waals surface area contributed by atoms with Gasteiger partial charge >= 0.3 is 6.09 Å². The topological polar surface area (TPSA) is 29.5 Å². The number of carbonyl (C=O) groups is 1. The highest BCUT2D eigenvalue weighted by atomic mass is 16.6. The number of ether oxygens (including phenoxy) is 1. The molecule has 3 nitrogen and oxygen atoms in total. The molecule has 154 valence electrons. The van der Waals surface area contributed by atoms with Gasteiger partial charge in [-0.25, -0.2) is 4.79 Å². The predicted octanol–water partition coefficient (Wildman–Crippen LogP) is 6.52. The Balaban J connectivity index is 1.61. The molecule has 2 aliphatic rings. The molecule has 0 heterocycles. The van der Waals surface area contributed by atoms with Crippen molar-refractivity contribution < 1.29 is 9.53 Å². The molecule has 0 N–H and O–H groups in total. The van der Waals surface area contributed by atoms with E-state index in [1.54, 1.807) is 0 Å². The van der Waals surface area contributed by atoms with Crippen LogP contribution < -0.4 is 4.74 Å². The second-order valence-corrected chi connectivity index (χ2v) is 9.11. The summed E-state index contributed by atoms with van der Waals surface area (Å²) in [6.45, 7) is 9.08. The summed E-state index contributed by atoms with van der Waals surface area (Å²) in [5.41, 5.74) is 3.57. The van der Waals surface area contributed by atoms with Gasteiger partial charge in [0.15, 0.2) is 0 Å². The third-order valence-electron chi connectivity index (χ3n) is 6.98. The maximum absolute atomic E-state index is 13.4. The van der Waals surface area contributed by atoms with Crippen molar-refractivity contribution in [2.45, 2.75) is 64.8 Å². The second-order valence-electron chi connectivity index (χ2n) is 9.11. The van der Waals surface area contributed by atoms with Crippen LogP contribution in [0.15, 0.2) is 48.5 Å². The zero-order valence-corrected chi connectivity index (χ0v) is 18.1. The monoisotopic (exact) mass is 391 g/mol. The number of aryl methyl sites for hydroxylation is 1. The highest BCUT2D eigenvalue weighted by Crippen LogP contribution is 2.55. The Morgan fingerprint density at radius 2 is 1.83 bits per heavy atom. The number of likely N-dealkylation sites (N-methyl/N-ethyl adjacent to an activating group) is 1. The number of rotatable bonds is 5. The van der Waals surface area contributed by atoms with Crippen LogP contribution in [-0.4, -0.2) is 23.6 Å². The molecule has 4 rings (SSSR count). The van der Waals surface area contributed by atoms with Gasteiger partial charge in [0.2, 0.25) is 0 Å². The van der Waals surface area contributed by atoms with Crippen LogP contribution in [0.25, 0.3) is 0 Å². The number of fused-ring (bicyclic) bond motifs is 2. The quantitative estimate of drug-likeness (QED) is 0.580. The van der Waals surface area contributed by atoms with Gasteiger partial charge in [-0.05, 0) is 73.6 Å². The van der Waals surface area contributed by atoms with Gasteiger partial charge < -0.3 is 9.64 Å². The summed E-state index contributed by atoms with van der Waals surface area (Å²) < 4.78 is 6.03. The minimum absolute atomic E-state index is 0.196. The van der Waals surface area contributed by atoms with Gasteiger partial charge in [0.05, 0.1) is 0 Å². The molecular formula is C26H33NO2. The third-order valence-corrected chi connectivity index (χ3v) is 6.98. The van der Waals surface area contributed by atoms with Crippen molar-refractivity contribution in [3.63, 3.8) is 0 Å². The van der Waals surface area contributed by atoms with E-state index in [2.05, 4.69) is 63.2 Å². The van der Waals surface area contributed by atoms with Crippen LogP contribution in [0.3, 0.4) is 0 Å². The van der Waals surface area contributed by atoms with E-state index in [4.69, 9.17) is 4.74 Å².